The molecular formula is C19H22N2O4. The summed E-state index contributed by atoms with van der Waals surface area (Å²) in [5, 5.41) is 10.8. The van der Waals surface area contributed by atoms with Gasteiger partial charge in [0.15, 0.2) is 0 Å². The minimum absolute atomic E-state index is 0.0281. The molecule has 132 valence electrons. The monoisotopic (exact) mass is 342 g/mol. The van der Waals surface area contributed by atoms with Crippen LogP contribution in [0.25, 0.3) is 10.9 Å². The Morgan fingerprint density at radius 2 is 2.20 bits per heavy atom. The van der Waals surface area contributed by atoms with Gasteiger partial charge in [0, 0.05) is 49.1 Å². The Labute approximate surface area is 145 Å². The van der Waals surface area contributed by atoms with Gasteiger partial charge in [-0.15, -0.1) is 0 Å². The standard InChI is InChI=1S/C19H22N2O4/c22-17(6-5-13-9-20-16-4-2-1-3-15(13)16)21-10-14-11-25-8-7-19(14,12-21)18(23)24/h1-4,9,14,20H,5-8,10-12H2,(H,23,24)/t14-,19+/m0/s1. The maximum absolute atomic E-state index is 12.7. The van der Waals surface area contributed by atoms with E-state index in [0.29, 0.717) is 45.6 Å². The van der Waals surface area contributed by atoms with Gasteiger partial charge in [-0.25, -0.2) is 0 Å². The third-order valence-electron chi connectivity index (χ3n) is 5.77. The SMILES string of the molecule is O=C(CCc1c[nH]c2ccccc12)N1C[C@H]2COCC[C@@]2(C(=O)O)C1. The Morgan fingerprint density at radius 3 is 3.00 bits per heavy atom. The van der Waals surface area contributed by atoms with Crippen molar-refractivity contribution in [2.75, 3.05) is 26.3 Å². The lowest BCUT2D eigenvalue weighted by atomic mass is 9.74. The van der Waals surface area contributed by atoms with Gasteiger partial charge < -0.3 is 19.7 Å². The fourth-order valence-electron chi connectivity index (χ4n) is 4.23. The van der Waals surface area contributed by atoms with Crippen LogP contribution in [0.4, 0.5) is 0 Å². The van der Waals surface area contributed by atoms with E-state index in [1.54, 1.807) is 4.90 Å². The zero-order chi connectivity index (χ0) is 17.4. The van der Waals surface area contributed by atoms with E-state index in [0.717, 1.165) is 16.5 Å². The lowest BCUT2D eigenvalue weighted by Gasteiger charge is -2.33. The van der Waals surface area contributed by atoms with E-state index in [2.05, 4.69) is 4.98 Å². The predicted molar refractivity (Wildman–Crippen MR) is 92.2 cm³/mol. The van der Waals surface area contributed by atoms with Crippen molar-refractivity contribution < 1.29 is 19.4 Å². The van der Waals surface area contributed by atoms with Crippen LogP contribution in [-0.2, 0) is 20.7 Å². The highest BCUT2D eigenvalue weighted by atomic mass is 16.5. The molecule has 0 saturated carbocycles. The maximum atomic E-state index is 12.7. The number of hydrogen-bond donors (Lipinski definition) is 2. The molecule has 0 radical (unpaired) electrons. The number of aromatic amines is 1. The number of likely N-dealkylation sites (tertiary alicyclic amines) is 1. The molecule has 2 N–H and O–H groups in total. The highest BCUT2D eigenvalue weighted by molar-refractivity contribution is 5.85. The van der Waals surface area contributed by atoms with Crippen LogP contribution in [0.2, 0.25) is 0 Å². The number of carboxylic acid groups (broad SMARTS) is 1. The van der Waals surface area contributed by atoms with E-state index in [4.69, 9.17) is 4.74 Å². The van der Waals surface area contributed by atoms with Gasteiger partial charge in [0.25, 0.3) is 0 Å². The number of ether oxygens (including phenoxy) is 1. The highest BCUT2D eigenvalue weighted by Crippen LogP contribution is 2.42. The number of carbonyl (C=O) groups excluding carboxylic acids is 1. The van der Waals surface area contributed by atoms with Gasteiger partial charge in [0.05, 0.1) is 12.0 Å². The molecule has 2 saturated heterocycles. The number of aromatic nitrogens is 1. The van der Waals surface area contributed by atoms with Crippen molar-refractivity contribution in [1.82, 2.24) is 9.88 Å². The zero-order valence-corrected chi connectivity index (χ0v) is 14.0. The van der Waals surface area contributed by atoms with Crippen molar-refractivity contribution in [3.63, 3.8) is 0 Å². The summed E-state index contributed by atoms with van der Waals surface area (Å²) in [7, 11) is 0. The average Bonchev–Trinajstić information content (AvgIpc) is 3.22. The molecule has 3 heterocycles. The first-order chi connectivity index (χ1) is 12.1. The topological polar surface area (TPSA) is 82.6 Å². The number of nitrogens with zero attached hydrogens (tertiary/aromatic N) is 1. The van der Waals surface area contributed by atoms with Crippen molar-refractivity contribution >= 4 is 22.8 Å². The lowest BCUT2D eigenvalue weighted by Crippen LogP contribution is -2.45. The molecule has 2 fully saturated rings. The molecule has 4 rings (SSSR count). The van der Waals surface area contributed by atoms with E-state index in [-0.39, 0.29) is 11.8 Å². The lowest BCUT2D eigenvalue weighted by molar-refractivity contribution is -0.157. The van der Waals surface area contributed by atoms with E-state index in [1.165, 1.54) is 0 Å². The Hall–Kier alpha value is -2.34. The fourth-order valence-corrected chi connectivity index (χ4v) is 4.23. The van der Waals surface area contributed by atoms with E-state index >= 15 is 0 Å². The quantitative estimate of drug-likeness (QED) is 0.891. The Kier molecular flexibility index (Phi) is 4.00. The molecule has 2 aliphatic rings. The molecule has 1 aromatic carbocycles. The zero-order valence-electron chi connectivity index (χ0n) is 14.0. The summed E-state index contributed by atoms with van der Waals surface area (Å²) < 4.78 is 5.45. The van der Waals surface area contributed by atoms with Crippen molar-refractivity contribution in [3.05, 3.63) is 36.0 Å². The number of hydrogen-bond acceptors (Lipinski definition) is 3. The van der Waals surface area contributed by atoms with Crippen LogP contribution in [0.15, 0.2) is 30.5 Å². The smallest absolute Gasteiger partial charge is 0.311 e. The molecule has 2 aliphatic heterocycles. The Morgan fingerprint density at radius 1 is 1.36 bits per heavy atom. The fraction of sp³-hybridized carbons (Fsp3) is 0.474. The number of H-pyrrole nitrogens is 1. The van der Waals surface area contributed by atoms with Gasteiger partial charge >= 0.3 is 5.97 Å². The van der Waals surface area contributed by atoms with E-state index < -0.39 is 11.4 Å². The van der Waals surface area contributed by atoms with Crippen LogP contribution < -0.4 is 0 Å². The second kappa shape index (κ2) is 6.19. The van der Waals surface area contributed by atoms with Crippen molar-refractivity contribution in [2.24, 2.45) is 11.3 Å². The predicted octanol–water partition coefficient (Wildman–Crippen LogP) is 2.05. The maximum Gasteiger partial charge on any atom is 0.311 e. The van der Waals surface area contributed by atoms with Gasteiger partial charge in [-0.05, 0) is 24.5 Å². The number of rotatable bonds is 4. The van der Waals surface area contributed by atoms with Crippen molar-refractivity contribution in [3.8, 4) is 0 Å². The molecule has 0 bridgehead atoms. The Bertz CT molecular complexity index is 815. The van der Waals surface area contributed by atoms with Crippen molar-refractivity contribution in [2.45, 2.75) is 19.3 Å². The molecular weight excluding hydrogens is 320 g/mol. The number of carboxylic acids is 1. The number of amides is 1. The molecule has 2 atom stereocenters. The van der Waals surface area contributed by atoms with Crippen LogP contribution in [0.1, 0.15) is 18.4 Å². The van der Waals surface area contributed by atoms with E-state index in [1.807, 2.05) is 30.5 Å². The van der Waals surface area contributed by atoms with E-state index in [9.17, 15) is 14.7 Å². The van der Waals surface area contributed by atoms with Gasteiger partial charge in [-0.1, -0.05) is 18.2 Å². The third-order valence-corrected chi connectivity index (χ3v) is 5.77. The number of aryl methyl sites for hydroxylation is 1. The number of nitrogens with one attached hydrogen (secondary N) is 1. The summed E-state index contributed by atoms with van der Waals surface area (Å²) in [4.78, 5) is 29.4. The summed E-state index contributed by atoms with van der Waals surface area (Å²) in [5.74, 6) is -0.871. The molecule has 6 heteroatoms. The molecule has 0 spiro atoms. The number of para-hydroxylation sites is 1. The molecule has 1 amide bonds. The molecule has 0 aliphatic carbocycles. The number of benzene rings is 1. The number of fused-ring (bicyclic) bond motifs is 2. The van der Waals surface area contributed by atoms with Crippen LogP contribution in [0, 0.1) is 11.3 Å². The average molecular weight is 342 g/mol. The molecule has 6 nitrogen and oxygen atoms in total. The minimum Gasteiger partial charge on any atom is -0.481 e. The number of carbonyl (C=O) groups is 2. The van der Waals surface area contributed by atoms with Gasteiger partial charge in [-0.3, -0.25) is 9.59 Å². The molecule has 2 aromatic rings. The van der Waals surface area contributed by atoms with Crippen LogP contribution in [0.5, 0.6) is 0 Å². The second-order valence-corrected chi connectivity index (χ2v) is 7.12. The summed E-state index contributed by atoms with van der Waals surface area (Å²) in [6.45, 7) is 1.68. The summed E-state index contributed by atoms with van der Waals surface area (Å²) >= 11 is 0. The van der Waals surface area contributed by atoms with Crippen LogP contribution >= 0.6 is 0 Å². The first-order valence-corrected chi connectivity index (χ1v) is 8.74. The first-order valence-electron chi connectivity index (χ1n) is 8.74. The molecule has 0 unspecified atom stereocenters. The summed E-state index contributed by atoms with van der Waals surface area (Å²) in [5.41, 5.74) is 1.37. The molecule has 1 aromatic heterocycles. The van der Waals surface area contributed by atoms with Crippen LogP contribution in [-0.4, -0.2) is 53.2 Å². The summed E-state index contributed by atoms with van der Waals surface area (Å²) in [6.07, 6.45) is 3.49. The van der Waals surface area contributed by atoms with Gasteiger partial charge in [0.2, 0.25) is 5.91 Å². The van der Waals surface area contributed by atoms with Crippen LogP contribution in [0.3, 0.4) is 0 Å². The van der Waals surface area contributed by atoms with Gasteiger partial charge in [0.1, 0.15) is 0 Å². The Balaban J connectivity index is 1.44. The minimum atomic E-state index is -0.825. The first kappa shape index (κ1) is 16.1. The second-order valence-electron chi connectivity index (χ2n) is 7.12. The summed E-state index contributed by atoms with van der Waals surface area (Å²) in [6, 6.07) is 8.03. The highest BCUT2D eigenvalue weighted by Gasteiger charge is 2.54. The normalized spacial score (nSPS) is 25.9. The third kappa shape index (κ3) is 2.70. The molecule has 25 heavy (non-hydrogen) atoms. The van der Waals surface area contributed by atoms with Gasteiger partial charge in [-0.2, -0.15) is 0 Å². The largest absolute Gasteiger partial charge is 0.481 e. The van der Waals surface area contributed by atoms with Crippen molar-refractivity contribution in [1.29, 1.82) is 0 Å². The number of aliphatic carboxylic acids is 1.